The Morgan fingerprint density at radius 2 is 1.78 bits per heavy atom. The molecule has 0 saturated carbocycles. The Kier molecular flexibility index (Phi) is 3.76. The van der Waals surface area contributed by atoms with Gasteiger partial charge in [-0.1, -0.05) is 0 Å². The second-order valence-corrected chi connectivity index (χ2v) is 3.21. The maximum atomic E-state index is 5.34. The van der Waals surface area contributed by atoms with Gasteiger partial charge in [0, 0.05) is 0 Å². The van der Waals surface area contributed by atoms with Crippen LogP contribution in [-0.4, -0.2) is 28.5 Å². The average Bonchev–Trinajstić information content (AvgIpc) is 1.62. The van der Waals surface area contributed by atoms with Crippen molar-refractivity contribution in [1.82, 2.24) is 0 Å². The first-order valence-electron chi connectivity index (χ1n) is 2.99. The Hall–Kier alpha value is 0.452. The van der Waals surface area contributed by atoms with Crippen LogP contribution in [0.2, 0.25) is 0 Å². The molecule has 1 unspecified atom stereocenters. The van der Waals surface area contributed by atoms with Crippen molar-refractivity contribution in [2.24, 2.45) is 0 Å². The van der Waals surface area contributed by atoms with Crippen LogP contribution in [0.5, 0.6) is 0 Å². The molecule has 0 amide bonds. The van der Waals surface area contributed by atoms with Crippen molar-refractivity contribution in [2.75, 3.05) is 0 Å². The summed E-state index contributed by atoms with van der Waals surface area (Å²) in [6.07, 6.45) is -0.144. The van der Waals surface area contributed by atoms with Crippen molar-refractivity contribution in [1.29, 1.82) is 0 Å². The van der Waals surface area contributed by atoms with Gasteiger partial charge >= 0.3 is 64.7 Å². The van der Waals surface area contributed by atoms with Gasteiger partial charge in [0.05, 0.1) is 0 Å². The van der Waals surface area contributed by atoms with Crippen LogP contribution in [0.4, 0.5) is 0 Å². The molecule has 2 nitrogen and oxygen atoms in total. The maximum absolute atomic E-state index is 5.34. The van der Waals surface area contributed by atoms with E-state index < -0.39 is 0 Å². The van der Waals surface area contributed by atoms with Gasteiger partial charge in [-0.05, 0) is 0 Å². The topological polar surface area (TPSA) is 18.5 Å². The van der Waals surface area contributed by atoms with Crippen LogP contribution in [0.25, 0.3) is 0 Å². The fourth-order valence-corrected chi connectivity index (χ4v) is 0.581. The molecular formula is C6H13AlO2+2. The van der Waals surface area contributed by atoms with Gasteiger partial charge in [-0.2, -0.15) is 0 Å². The molecule has 0 aromatic rings. The van der Waals surface area contributed by atoms with E-state index >= 15 is 0 Å². The molecule has 0 spiro atoms. The van der Waals surface area contributed by atoms with Gasteiger partial charge in [-0.3, -0.25) is 0 Å². The Labute approximate surface area is 65.3 Å². The minimum atomic E-state index is -0.144. The van der Waals surface area contributed by atoms with Gasteiger partial charge in [0.2, 0.25) is 0 Å². The predicted molar refractivity (Wildman–Crippen MR) is 37.1 cm³/mol. The van der Waals surface area contributed by atoms with Crippen LogP contribution in [0.15, 0.2) is 0 Å². The van der Waals surface area contributed by atoms with Crippen LogP contribution in [0.1, 0.15) is 27.7 Å². The number of ether oxygens (including phenoxy) is 1. The Morgan fingerprint density at radius 1 is 1.33 bits per heavy atom. The third-order valence-electron chi connectivity index (χ3n) is 0.711. The molecule has 0 aliphatic rings. The van der Waals surface area contributed by atoms with Crippen molar-refractivity contribution in [3.8, 4) is 0 Å². The van der Waals surface area contributed by atoms with Crippen LogP contribution in [0.3, 0.4) is 0 Å². The van der Waals surface area contributed by atoms with E-state index in [1.165, 1.54) is 0 Å². The zero-order chi connectivity index (χ0) is 7.49. The number of hydrogen-bond donors (Lipinski definition) is 0. The van der Waals surface area contributed by atoms with Gasteiger partial charge in [0.25, 0.3) is 0 Å². The molecule has 3 heteroatoms. The molecule has 0 bridgehead atoms. The standard InChI is InChI=1S/C6H13O2.Al/c1-5(7)8-6(2,3)4;/h5H,1-4H3;/q-1;+3. The molecule has 0 rings (SSSR count). The van der Waals surface area contributed by atoms with Gasteiger partial charge in [0.15, 0.2) is 0 Å². The summed E-state index contributed by atoms with van der Waals surface area (Å²) in [4.78, 5) is 0. The van der Waals surface area contributed by atoms with Crippen LogP contribution in [-0.2, 0) is 8.53 Å². The monoisotopic (exact) mass is 144 g/mol. The van der Waals surface area contributed by atoms with Gasteiger partial charge in [-0.15, -0.1) is 0 Å². The molecule has 0 aliphatic heterocycles. The molecule has 0 aliphatic carbocycles. The first-order valence-corrected chi connectivity index (χ1v) is 3.46. The molecule has 9 heavy (non-hydrogen) atoms. The summed E-state index contributed by atoms with van der Waals surface area (Å²) in [6, 6.07) is 0. The molecule has 0 fully saturated rings. The normalized spacial score (nSPS) is 15.8. The third-order valence-corrected chi connectivity index (χ3v) is 1.09. The van der Waals surface area contributed by atoms with Gasteiger partial charge < -0.3 is 0 Å². The van der Waals surface area contributed by atoms with Crippen LogP contribution < -0.4 is 0 Å². The Balaban J connectivity index is 3.47. The quantitative estimate of drug-likeness (QED) is 0.429. The average molecular weight is 144 g/mol. The summed E-state index contributed by atoms with van der Waals surface area (Å²) in [7, 11) is 0. The molecule has 50 valence electrons. The number of rotatable bonds is 2. The zero-order valence-electron chi connectivity index (χ0n) is 6.47. The van der Waals surface area contributed by atoms with Crippen LogP contribution >= 0.6 is 0 Å². The first-order chi connectivity index (χ1) is 3.95. The summed E-state index contributed by atoms with van der Waals surface area (Å²) >= 11 is 2.17. The molecule has 0 radical (unpaired) electrons. The molecule has 1 atom stereocenters. The fourth-order valence-electron chi connectivity index (χ4n) is 0.526. The molecule has 0 aromatic carbocycles. The van der Waals surface area contributed by atoms with E-state index in [4.69, 9.17) is 8.53 Å². The second kappa shape index (κ2) is 3.58. The molecule has 0 heterocycles. The molecule has 0 N–H and O–H groups in total. The van der Waals surface area contributed by atoms with Crippen molar-refractivity contribution < 1.29 is 8.53 Å². The Morgan fingerprint density at radius 3 is 1.89 bits per heavy atom. The summed E-state index contributed by atoms with van der Waals surface area (Å²) in [5.74, 6) is 0. The van der Waals surface area contributed by atoms with Crippen LogP contribution in [0, 0.1) is 0 Å². The second-order valence-electron chi connectivity index (χ2n) is 2.93. The predicted octanol–water partition coefficient (Wildman–Crippen LogP) is 1.25. The first kappa shape index (κ1) is 9.45. The zero-order valence-corrected chi connectivity index (χ0v) is 7.63. The Bertz CT molecular complexity index is 77.6. The fraction of sp³-hybridized carbons (Fsp3) is 1.00. The van der Waals surface area contributed by atoms with E-state index in [0.717, 1.165) is 0 Å². The SMILES string of the molecule is CC([O][Al+2])OC(C)(C)C. The van der Waals surface area contributed by atoms with E-state index in [0.29, 0.717) is 0 Å². The van der Waals surface area contributed by atoms with E-state index in [1.807, 2.05) is 27.7 Å². The van der Waals surface area contributed by atoms with Gasteiger partial charge in [-0.25, -0.2) is 0 Å². The van der Waals surface area contributed by atoms with Crippen molar-refractivity contribution >= 4 is 16.6 Å². The van der Waals surface area contributed by atoms with Crippen molar-refractivity contribution in [3.05, 3.63) is 0 Å². The summed E-state index contributed by atoms with van der Waals surface area (Å²) in [5, 5.41) is 0. The summed E-state index contributed by atoms with van der Waals surface area (Å²) < 4.78 is 10.2. The number of hydrogen-bond acceptors (Lipinski definition) is 2. The third kappa shape index (κ3) is 6.34. The molecule has 0 aromatic heterocycles. The van der Waals surface area contributed by atoms with E-state index in [1.54, 1.807) is 0 Å². The van der Waals surface area contributed by atoms with E-state index in [2.05, 4.69) is 16.6 Å². The van der Waals surface area contributed by atoms with Crippen molar-refractivity contribution in [3.63, 3.8) is 0 Å². The summed E-state index contributed by atoms with van der Waals surface area (Å²) in [6.45, 7) is 7.84. The molecule has 0 saturated heterocycles. The van der Waals surface area contributed by atoms with E-state index in [9.17, 15) is 0 Å². The summed E-state index contributed by atoms with van der Waals surface area (Å²) in [5.41, 5.74) is -0.115. The minimum absolute atomic E-state index is 0.115. The van der Waals surface area contributed by atoms with Crippen molar-refractivity contribution in [2.45, 2.75) is 39.6 Å². The van der Waals surface area contributed by atoms with E-state index in [-0.39, 0.29) is 11.9 Å². The van der Waals surface area contributed by atoms with Gasteiger partial charge in [0.1, 0.15) is 0 Å². The molecular weight excluding hydrogens is 131 g/mol.